The summed E-state index contributed by atoms with van der Waals surface area (Å²) in [5, 5.41) is 3.77. The van der Waals surface area contributed by atoms with E-state index in [0.717, 1.165) is 22.0 Å². The Morgan fingerprint density at radius 1 is 1.03 bits per heavy atom. The van der Waals surface area contributed by atoms with Gasteiger partial charge in [0.05, 0.1) is 23.3 Å². The number of sulfone groups is 1. The average molecular weight is 509 g/mol. The summed E-state index contributed by atoms with van der Waals surface area (Å²) < 4.78 is 45.7. The van der Waals surface area contributed by atoms with Crippen LogP contribution in [0.2, 0.25) is 0 Å². The van der Waals surface area contributed by atoms with Gasteiger partial charge in [0.1, 0.15) is 11.6 Å². The van der Waals surface area contributed by atoms with Crippen LogP contribution in [-0.4, -0.2) is 30.7 Å². The number of hydrogen-bond acceptors (Lipinski definition) is 4. The number of hydrogen-bond donors (Lipinski definition) is 1. The highest BCUT2D eigenvalue weighted by Crippen LogP contribution is 2.25. The Morgan fingerprint density at radius 3 is 2.47 bits per heavy atom. The van der Waals surface area contributed by atoms with Crippen LogP contribution in [0.15, 0.2) is 77.8 Å². The Morgan fingerprint density at radius 2 is 1.78 bits per heavy atom. The van der Waals surface area contributed by atoms with Gasteiger partial charge in [0.15, 0.2) is 9.84 Å². The van der Waals surface area contributed by atoms with Gasteiger partial charge in [-0.3, -0.25) is 4.79 Å². The van der Waals surface area contributed by atoms with Crippen LogP contribution in [0.3, 0.4) is 0 Å². The van der Waals surface area contributed by atoms with Gasteiger partial charge in [0.2, 0.25) is 0 Å². The minimum Gasteiger partial charge on any atom is -0.491 e. The molecule has 188 valence electrons. The van der Waals surface area contributed by atoms with Crippen molar-refractivity contribution in [1.29, 1.82) is 0 Å². The Balaban J connectivity index is 1.47. The molecule has 0 saturated carbocycles. The van der Waals surface area contributed by atoms with Gasteiger partial charge in [-0.25, -0.2) is 12.8 Å². The van der Waals surface area contributed by atoms with E-state index >= 15 is 0 Å². The lowest BCUT2D eigenvalue weighted by molar-refractivity contribution is 0.0951. The van der Waals surface area contributed by atoms with Crippen molar-refractivity contribution in [3.8, 4) is 5.75 Å². The minimum absolute atomic E-state index is 0.0287. The summed E-state index contributed by atoms with van der Waals surface area (Å²) in [6.45, 7) is 6.17. The number of carbonyl (C=O) groups excluding carboxylic acids is 1. The number of rotatable bonds is 9. The number of halogens is 1. The predicted octanol–water partition coefficient (Wildman–Crippen LogP) is 5.34. The van der Waals surface area contributed by atoms with Crippen LogP contribution in [0.4, 0.5) is 4.39 Å². The monoisotopic (exact) mass is 508 g/mol. The third kappa shape index (κ3) is 5.76. The van der Waals surface area contributed by atoms with E-state index in [1.807, 2.05) is 42.8 Å². The molecule has 0 aliphatic rings. The topological polar surface area (TPSA) is 77.4 Å². The van der Waals surface area contributed by atoms with Gasteiger partial charge in [-0.15, -0.1) is 0 Å². The van der Waals surface area contributed by atoms with Gasteiger partial charge in [0.25, 0.3) is 5.91 Å². The Hall–Kier alpha value is -3.65. The van der Waals surface area contributed by atoms with Crippen LogP contribution in [0.25, 0.3) is 10.9 Å². The highest BCUT2D eigenvalue weighted by atomic mass is 32.2. The minimum atomic E-state index is -3.25. The summed E-state index contributed by atoms with van der Waals surface area (Å²) in [6, 6.07) is 18.4. The number of fused-ring (bicyclic) bond motifs is 1. The number of ether oxygens (including phenoxy) is 1. The number of benzene rings is 3. The number of aromatic nitrogens is 1. The Kier molecular flexibility index (Phi) is 7.45. The predicted molar refractivity (Wildman–Crippen MR) is 139 cm³/mol. The number of amides is 1. The molecule has 0 fully saturated rings. The van der Waals surface area contributed by atoms with Crippen molar-refractivity contribution in [3.05, 3.63) is 95.4 Å². The molecule has 8 heteroatoms. The molecule has 0 saturated heterocycles. The van der Waals surface area contributed by atoms with Crippen molar-refractivity contribution >= 4 is 26.6 Å². The fourth-order valence-corrected chi connectivity index (χ4v) is 4.85. The molecule has 3 aromatic carbocycles. The molecule has 1 amide bonds. The van der Waals surface area contributed by atoms with Crippen LogP contribution in [0.1, 0.15) is 42.3 Å². The van der Waals surface area contributed by atoms with Crippen molar-refractivity contribution in [2.24, 2.45) is 0 Å². The molecule has 1 N–H and O–H groups in total. The molecule has 0 unspecified atom stereocenters. The zero-order valence-electron chi connectivity index (χ0n) is 20.5. The van der Waals surface area contributed by atoms with Crippen molar-refractivity contribution in [2.45, 2.75) is 44.9 Å². The quantitative estimate of drug-likeness (QED) is 0.331. The molecule has 6 nitrogen and oxygen atoms in total. The maximum atomic E-state index is 13.9. The summed E-state index contributed by atoms with van der Waals surface area (Å²) in [5.41, 5.74) is 2.97. The lowest BCUT2D eigenvalue weighted by Crippen LogP contribution is -2.22. The highest BCUT2D eigenvalue weighted by Gasteiger charge is 2.13. The molecule has 1 heterocycles. The lowest BCUT2D eigenvalue weighted by atomic mass is 10.1. The van der Waals surface area contributed by atoms with Crippen molar-refractivity contribution in [2.75, 3.05) is 5.75 Å². The first-order valence-corrected chi connectivity index (χ1v) is 13.5. The van der Waals surface area contributed by atoms with E-state index in [1.165, 1.54) is 12.1 Å². The van der Waals surface area contributed by atoms with Crippen LogP contribution >= 0.6 is 0 Å². The molecule has 1 aromatic heterocycles. The average Bonchev–Trinajstić information content (AvgIpc) is 3.26. The van der Waals surface area contributed by atoms with Crippen LogP contribution in [-0.2, 0) is 22.9 Å². The summed E-state index contributed by atoms with van der Waals surface area (Å²) in [4.78, 5) is 13.0. The molecule has 4 rings (SSSR count). The zero-order chi connectivity index (χ0) is 25.9. The summed E-state index contributed by atoms with van der Waals surface area (Å²) in [7, 11) is -3.25. The van der Waals surface area contributed by atoms with E-state index in [-0.39, 0.29) is 35.0 Å². The normalized spacial score (nSPS) is 11.7. The zero-order valence-corrected chi connectivity index (χ0v) is 21.3. The number of nitrogens with one attached hydrogen (secondary N) is 1. The molecular formula is C28H29FN2O4S. The third-order valence-corrected chi connectivity index (χ3v) is 7.63. The van der Waals surface area contributed by atoms with Gasteiger partial charge >= 0.3 is 0 Å². The largest absolute Gasteiger partial charge is 0.491 e. The lowest BCUT2D eigenvalue weighted by Gasteiger charge is -2.15. The van der Waals surface area contributed by atoms with Crippen LogP contribution in [0.5, 0.6) is 5.75 Å². The second-order valence-electron chi connectivity index (χ2n) is 8.87. The van der Waals surface area contributed by atoms with Crippen molar-refractivity contribution in [3.63, 3.8) is 0 Å². The van der Waals surface area contributed by atoms with E-state index in [9.17, 15) is 17.6 Å². The van der Waals surface area contributed by atoms with E-state index in [1.54, 1.807) is 43.3 Å². The Bertz CT molecular complexity index is 1490. The van der Waals surface area contributed by atoms with Gasteiger partial charge < -0.3 is 14.6 Å². The van der Waals surface area contributed by atoms with Gasteiger partial charge in [-0.2, -0.15) is 0 Å². The summed E-state index contributed by atoms with van der Waals surface area (Å²) in [5.74, 6) is 0.137. The summed E-state index contributed by atoms with van der Waals surface area (Å²) in [6.07, 6.45) is 1.88. The van der Waals surface area contributed by atoms with E-state index < -0.39 is 9.84 Å². The summed E-state index contributed by atoms with van der Waals surface area (Å²) >= 11 is 0. The van der Waals surface area contributed by atoms with Gasteiger partial charge in [-0.1, -0.05) is 19.1 Å². The first-order chi connectivity index (χ1) is 17.2. The molecular weight excluding hydrogens is 479 g/mol. The molecule has 0 aliphatic carbocycles. The standard InChI is InChI=1S/C28H29FN2O4S/c1-4-36(33,34)25-9-5-20(6-10-25)17-30-28(32)22-7-11-26-21(15-22)13-14-31(26)18-23-16-24(29)8-12-27(23)35-19(2)3/h5-16,19H,4,17-18H2,1-3H3,(H,30,32). The van der Waals surface area contributed by atoms with E-state index in [0.29, 0.717) is 17.9 Å². The van der Waals surface area contributed by atoms with E-state index in [2.05, 4.69) is 5.32 Å². The first kappa shape index (κ1) is 25.4. The molecule has 36 heavy (non-hydrogen) atoms. The van der Waals surface area contributed by atoms with Gasteiger partial charge in [-0.05, 0) is 74.0 Å². The molecule has 0 aliphatic heterocycles. The fraction of sp³-hybridized carbons (Fsp3) is 0.250. The first-order valence-electron chi connectivity index (χ1n) is 11.8. The molecule has 0 atom stereocenters. The van der Waals surface area contributed by atoms with Crippen LogP contribution < -0.4 is 10.1 Å². The Labute approximate surface area is 210 Å². The number of carbonyl (C=O) groups is 1. The number of nitrogens with zero attached hydrogens (tertiary/aromatic N) is 1. The highest BCUT2D eigenvalue weighted by molar-refractivity contribution is 7.91. The maximum Gasteiger partial charge on any atom is 0.251 e. The fourth-order valence-electron chi connectivity index (χ4n) is 3.97. The van der Waals surface area contributed by atoms with Gasteiger partial charge in [0, 0.05) is 34.8 Å². The molecule has 0 radical (unpaired) electrons. The maximum absolute atomic E-state index is 13.9. The SMILES string of the molecule is CCS(=O)(=O)c1ccc(CNC(=O)c2ccc3c(ccn3Cc3cc(F)ccc3OC(C)C)c2)cc1. The smallest absolute Gasteiger partial charge is 0.251 e. The van der Waals surface area contributed by atoms with E-state index in [4.69, 9.17) is 4.74 Å². The van der Waals surface area contributed by atoms with Crippen LogP contribution in [0, 0.1) is 5.82 Å². The van der Waals surface area contributed by atoms with Crippen molar-refractivity contribution < 1.29 is 22.3 Å². The molecule has 0 bridgehead atoms. The van der Waals surface area contributed by atoms with Crippen molar-refractivity contribution in [1.82, 2.24) is 9.88 Å². The third-order valence-electron chi connectivity index (χ3n) is 5.87. The molecule has 4 aromatic rings. The second kappa shape index (κ2) is 10.5. The second-order valence-corrected chi connectivity index (χ2v) is 11.1. The molecule has 0 spiro atoms.